The van der Waals surface area contributed by atoms with Crippen molar-refractivity contribution < 1.29 is 23.8 Å². The summed E-state index contributed by atoms with van der Waals surface area (Å²) in [5.74, 6) is -0.966. The van der Waals surface area contributed by atoms with Crippen molar-refractivity contribution >= 4 is 28.6 Å². The zero-order valence-corrected chi connectivity index (χ0v) is 25.7. The molecule has 10 heteroatoms. The fourth-order valence-electron chi connectivity index (χ4n) is 5.75. The number of pyridine rings is 1. The van der Waals surface area contributed by atoms with Crippen LogP contribution in [0.1, 0.15) is 58.3 Å². The molecule has 1 unspecified atom stereocenters. The Morgan fingerprint density at radius 1 is 1.16 bits per heavy atom. The second kappa shape index (κ2) is 12.0. The number of imidazole rings is 1. The van der Waals surface area contributed by atoms with Gasteiger partial charge in [-0.15, -0.1) is 0 Å². The lowest BCUT2D eigenvalue weighted by Crippen LogP contribution is -2.27. The first-order valence-electron chi connectivity index (χ1n) is 14.4. The van der Waals surface area contributed by atoms with Gasteiger partial charge in [-0.2, -0.15) is 5.26 Å². The Labute approximate surface area is 264 Å². The average Bonchev–Trinajstić information content (AvgIpc) is 3.55. The Morgan fingerprint density at radius 3 is 2.62 bits per heavy atom. The van der Waals surface area contributed by atoms with Crippen molar-refractivity contribution in [1.82, 2.24) is 14.5 Å². The van der Waals surface area contributed by atoms with Crippen molar-refractivity contribution in [2.45, 2.75) is 39.8 Å². The fraction of sp³-hybridized carbons (Fsp3) is 0.257. The molecule has 1 saturated heterocycles. The van der Waals surface area contributed by atoms with E-state index in [9.17, 15) is 14.3 Å². The molecule has 6 rings (SSSR count). The van der Waals surface area contributed by atoms with Crippen LogP contribution in [0.25, 0.3) is 22.3 Å². The molecule has 3 heterocycles. The molecule has 0 bridgehead atoms. The Hall–Kier alpha value is -4.78. The number of nitriles is 1. The summed E-state index contributed by atoms with van der Waals surface area (Å²) >= 11 is 6.88. The molecule has 1 fully saturated rings. The highest BCUT2D eigenvalue weighted by molar-refractivity contribution is 6.31. The number of carboxylic acid groups (broad SMARTS) is 1. The summed E-state index contributed by atoms with van der Waals surface area (Å²) < 4.78 is 28.3. The van der Waals surface area contributed by atoms with Crippen LogP contribution >= 0.6 is 11.6 Å². The second-order valence-electron chi connectivity index (χ2n) is 11.9. The number of halogens is 2. The highest BCUT2D eigenvalue weighted by Crippen LogP contribution is 2.41. The van der Waals surface area contributed by atoms with Crippen LogP contribution in [0.3, 0.4) is 0 Å². The summed E-state index contributed by atoms with van der Waals surface area (Å²) in [4.78, 5) is 21.2. The van der Waals surface area contributed by atoms with E-state index in [4.69, 9.17) is 31.3 Å². The molecule has 5 aromatic rings. The number of aryl methyl sites for hydroxylation is 1. The SMILES string of the molecule is Cc1cc(Cc2nc3ccc(C(=O)O)cc3n2C2COCC2(C)C)c(Cl)cc1-c1ccc(F)c(OCc2ccc(C#N)cc2)n1. The third-order valence-electron chi connectivity index (χ3n) is 8.26. The van der Waals surface area contributed by atoms with Crippen molar-refractivity contribution in [3.8, 4) is 23.2 Å². The van der Waals surface area contributed by atoms with Gasteiger partial charge >= 0.3 is 5.97 Å². The van der Waals surface area contributed by atoms with E-state index in [-0.39, 0.29) is 29.5 Å². The van der Waals surface area contributed by atoms with Crippen LogP contribution in [-0.4, -0.2) is 38.8 Å². The standard InChI is InChI=1S/C35H30ClFN4O4/c1-20-12-24(14-32-39-29-10-8-23(34(42)43)13-30(29)41(32)31-18-44-19-35(31,2)3)26(36)15-25(20)28-11-9-27(37)33(40-28)45-17-22-6-4-21(16-38)5-7-22/h4-13,15,31H,14,17-19H2,1-3H3,(H,42,43). The Bertz CT molecular complexity index is 1980. The molecule has 1 N–H and O–H groups in total. The predicted molar refractivity (Wildman–Crippen MR) is 168 cm³/mol. The molecular formula is C35H30ClFN4O4. The maximum atomic E-state index is 14.7. The molecule has 0 saturated carbocycles. The van der Waals surface area contributed by atoms with E-state index in [0.29, 0.717) is 41.4 Å². The van der Waals surface area contributed by atoms with E-state index >= 15 is 0 Å². The van der Waals surface area contributed by atoms with Crippen LogP contribution < -0.4 is 4.74 Å². The van der Waals surface area contributed by atoms with Crippen molar-refractivity contribution in [2.24, 2.45) is 5.41 Å². The lowest BCUT2D eigenvalue weighted by molar-refractivity contribution is 0.0697. The van der Waals surface area contributed by atoms with Gasteiger partial charge in [-0.05, 0) is 72.1 Å². The van der Waals surface area contributed by atoms with E-state index in [1.807, 2.05) is 19.1 Å². The van der Waals surface area contributed by atoms with E-state index in [1.54, 1.807) is 48.5 Å². The number of fused-ring (bicyclic) bond motifs is 1. The highest BCUT2D eigenvalue weighted by atomic mass is 35.5. The van der Waals surface area contributed by atoms with Gasteiger partial charge in [0.1, 0.15) is 12.4 Å². The molecule has 1 atom stereocenters. The number of hydrogen-bond acceptors (Lipinski definition) is 6. The summed E-state index contributed by atoms with van der Waals surface area (Å²) in [6.45, 7) is 7.35. The molecule has 0 aliphatic carbocycles. The Morgan fingerprint density at radius 2 is 1.93 bits per heavy atom. The molecule has 1 aliphatic heterocycles. The number of hydrogen-bond donors (Lipinski definition) is 1. The van der Waals surface area contributed by atoms with Gasteiger partial charge in [0.2, 0.25) is 0 Å². The monoisotopic (exact) mass is 624 g/mol. The Balaban J connectivity index is 1.32. The number of rotatable bonds is 8. The number of aromatic nitrogens is 3. The van der Waals surface area contributed by atoms with Gasteiger partial charge in [-0.3, -0.25) is 0 Å². The van der Waals surface area contributed by atoms with Crippen LogP contribution in [0.15, 0.2) is 66.7 Å². The summed E-state index contributed by atoms with van der Waals surface area (Å²) in [6, 6.07) is 20.5. The molecule has 0 radical (unpaired) electrons. The summed E-state index contributed by atoms with van der Waals surface area (Å²) in [7, 11) is 0. The van der Waals surface area contributed by atoms with Gasteiger partial charge in [0.15, 0.2) is 5.82 Å². The molecule has 8 nitrogen and oxygen atoms in total. The zero-order chi connectivity index (χ0) is 31.9. The molecule has 2 aromatic heterocycles. The number of carboxylic acids is 1. The maximum absolute atomic E-state index is 14.7. The summed E-state index contributed by atoms with van der Waals surface area (Å²) in [5.41, 5.74) is 5.71. The minimum Gasteiger partial charge on any atom is -0.478 e. The van der Waals surface area contributed by atoms with Crippen LogP contribution in [0, 0.1) is 29.5 Å². The van der Waals surface area contributed by atoms with E-state index in [2.05, 4.69) is 29.5 Å². The van der Waals surface area contributed by atoms with Gasteiger partial charge in [-0.1, -0.05) is 43.6 Å². The van der Waals surface area contributed by atoms with Crippen molar-refractivity contribution in [3.05, 3.63) is 111 Å². The minimum atomic E-state index is -1.00. The van der Waals surface area contributed by atoms with Crippen molar-refractivity contribution in [3.63, 3.8) is 0 Å². The molecule has 228 valence electrons. The van der Waals surface area contributed by atoms with Gasteiger partial charge < -0.3 is 19.1 Å². The number of aromatic carboxylic acids is 1. The molecule has 45 heavy (non-hydrogen) atoms. The lowest BCUT2D eigenvalue weighted by Gasteiger charge is -2.28. The van der Waals surface area contributed by atoms with Crippen molar-refractivity contribution in [1.29, 1.82) is 5.26 Å². The molecular weight excluding hydrogens is 595 g/mol. The minimum absolute atomic E-state index is 0.0493. The number of carbonyl (C=O) groups is 1. The molecule has 1 aliphatic rings. The largest absolute Gasteiger partial charge is 0.478 e. The van der Waals surface area contributed by atoms with Crippen LogP contribution in [-0.2, 0) is 17.8 Å². The normalized spacial score (nSPS) is 15.7. The van der Waals surface area contributed by atoms with Gasteiger partial charge in [0.05, 0.1) is 53.2 Å². The van der Waals surface area contributed by atoms with Crippen LogP contribution in [0.5, 0.6) is 5.88 Å². The predicted octanol–water partition coefficient (Wildman–Crippen LogP) is 7.54. The lowest BCUT2D eigenvalue weighted by atomic mass is 9.87. The van der Waals surface area contributed by atoms with E-state index in [1.165, 1.54) is 6.07 Å². The molecule has 0 spiro atoms. The first-order valence-corrected chi connectivity index (χ1v) is 14.8. The number of ether oxygens (including phenoxy) is 2. The number of nitrogens with zero attached hydrogens (tertiary/aromatic N) is 4. The van der Waals surface area contributed by atoms with E-state index < -0.39 is 11.8 Å². The van der Waals surface area contributed by atoms with E-state index in [0.717, 1.165) is 33.6 Å². The first-order chi connectivity index (χ1) is 21.5. The van der Waals surface area contributed by atoms with Crippen LogP contribution in [0.2, 0.25) is 5.02 Å². The molecule has 0 amide bonds. The quantitative estimate of drug-likeness (QED) is 0.190. The van der Waals surface area contributed by atoms with Gasteiger partial charge in [0, 0.05) is 22.4 Å². The smallest absolute Gasteiger partial charge is 0.335 e. The first kappa shape index (κ1) is 30.3. The Kier molecular flexibility index (Phi) is 8.04. The second-order valence-corrected chi connectivity index (χ2v) is 12.3. The summed E-state index contributed by atoms with van der Waals surface area (Å²) in [5, 5.41) is 19.1. The fourth-order valence-corrected chi connectivity index (χ4v) is 5.98. The maximum Gasteiger partial charge on any atom is 0.335 e. The van der Waals surface area contributed by atoms with Gasteiger partial charge in [0.25, 0.3) is 5.88 Å². The molecule has 3 aromatic carbocycles. The van der Waals surface area contributed by atoms with Crippen molar-refractivity contribution in [2.75, 3.05) is 13.2 Å². The van der Waals surface area contributed by atoms with Gasteiger partial charge in [-0.25, -0.2) is 19.2 Å². The van der Waals surface area contributed by atoms with Crippen LogP contribution in [0.4, 0.5) is 4.39 Å². The zero-order valence-electron chi connectivity index (χ0n) is 25.0. The topological polar surface area (TPSA) is 110 Å². The highest BCUT2D eigenvalue weighted by Gasteiger charge is 2.39. The average molecular weight is 625 g/mol. The summed E-state index contributed by atoms with van der Waals surface area (Å²) in [6.07, 6.45) is 0.402. The third-order valence-corrected chi connectivity index (χ3v) is 8.62. The number of benzene rings is 3. The third kappa shape index (κ3) is 5.99.